The molecule has 1 aliphatic carbocycles. The van der Waals surface area contributed by atoms with Crippen LogP contribution in [0, 0.1) is 0 Å². The quantitative estimate of drug-likeness (QED) is 0.742. The van der Waals surface area contributed by atoms with Gasteiger partial charge in [0.1, 0.15) is 5.75 Å². The maximum absolute atomic E-state index is 12.7. The summed E-state index contributed by atoms with van der Waals surface area (Å²) in [5.74, 6) is 0.528. The number of hydrogen-bond acceptors (Lipinski definition) is 4. The minimum Gasteiger partial charge on any atom is -0.481 e. The molecule has 0 saturated carbocycles. The first kappa shape index (κ1) is 21.4. The second-order valence-electron chi connectivity index (χ2n) is 7.71. The Hall–Kier alpha value is -2.34. The van der Waals surface area contributed by atoms with Crippen molar-refractivity contribution in [2.24, 2.45) is 0 Å². The summed E-state index contributed by atoms with van der Waals surface area (Å²) in [6.07, 6.45) is 5.85. The van der Waals surface area contributed by atoms with E-state index in [-0.39, 0.29) is 16.8 Å². The summed E-state index contributed by atoms with van der Waals surface area (Å²) in [4.78, 5) is 12.9. The lowest BCUT2D eigenvalue weighted by molar-refractivity contribution is -0.128. The number of carbonyl (C=O) groups excluding carboxylic acids is 1. The van der Waals surface area contributed by atoms with Gasteiger partial charge in [0.15, 0.2) is 15.9 Å². The zero-order valence-corrected chi connectivity index (χ0v) is 18.1. The van der Waals surface area contributed by atoms with E-state index in [9.17, 15) is 13.2 Å². The summed E-state index contributed by atoms with van der Waals surface area (Å²) in [6.45, 7) is 3.72. The van der Waals surface area contributed by atoms with Crippen molar-refractivity contribution in [3.63, 3.8) is 0 Å². The van der Waals surface area contributed by atoms with Gasteiger partial charge in [0.2, 0.25) is 0 Å². The number of benzene rings is 2. The Morgan fingerprint density at radius 1 is 1.07 bits per heavy atom. The highest BCUT2D eigenvalue weighted by molar-refractivity contribution is 7.90. The van der Waals surface area contributed by atoms with Crippen molar-refractivity contribution < 1.29 is 17.9 Å². The molecule has 0 aliphatic heterocycles. The van der Waals surface area contributed by atoms with E-state index in [0.29, 0.717) is 6.42 Å². The van der Waals surface area contributed by atoms with Crippen LogP contribution >= 0.6 is 0 Å². The van der Waals surface area contributed by atoms with Gasteiger partial charge in [-0.2, -0.15) is 0 Å². The van der Waals surface area contributed by atoms with Crippen LogP contribution in [0.5, 0.6) is 5.75 Å². The first-order valence-electron chi connectivity index (χ1n) is 10.2. The molecule has 1 amide bonds. The van der Waals surface area contributed by atoms with Crippen molar-refractivity contribution in [3.8, 4) is 5.75 Å². The van der Waals surface area contributed by atoms with Crippen LogP contribution in [0.15, 0.2) is 47.4 Å². The molecule has 0 bridgehead atoms. The van der Waals surface area contributed by atoms with Gasteiger partial charge < -0.3 is 10.1 Å². The zero-order chi connectivity index (χ0) is 21.0. The van der Waals surface area contributed by atoms with E-state index in [4.69, 9.17) is 4.74 Å². The molecule has 0 fully saturated rings. The Balaban J connectivity index is 1.64. The first-order chi connectivity index (χ1) is 13.8. The van der Waals surface area contributed by atoms with Crippen molar-refractivity contribution in [2.45, 2.75) is 63.0 Å². The smallest absolute Gasteiger partial charge is 0.261 e. The fraction of sp³-hybridized carbons (Fsp3) is 0.435. The molecule has 2 aromatic rings. The standard InChI is InChI=1S/C23H29NO4S/c1-4-22(18-10-13-21(14-11-18)29(3,26)27)24-23(25)16(2)28-20-12-9-17-7-5-6-8-19(17)15-20/h9-16,22H,4-8H2,1-3H3,(H,24,25)/t16-,22+/m1/s1. The Labute approximate surface area is 173 Å². The van der Waals surface area contributed by atoms with E-state index in [1.807, 2.05) is 13.0 Å². The first-order valence-corrected chi connectivity index (χ1v) is 12.1. The van der Waals surface area contributed by atoms with Crippen LogP contribution < -0.4 is 10.1 Å². The molecular weight excluding hydrogens is 386 g/mol. The highest BCUT2D eigenvalue weighted by Crippen LogP contribution is 2.26. The SMILES string of the molecule is CC[C@H](NC(=O)[C@@H](C)Oc1ccc2c(c1)CCCC2)c1ccc(S(C)(=O)=O)cc1. The molecule has 0 heterocycles. The Morgan fingerprint density at radius 2 is 1.72 bits per heavy atom. The second kappa shape index (κ2) is 8.99. The largest absolute Gasteiger partial charge is 0.481 e. The van der Waals surface area contributed by atoms with E-state index in [1.54, 1.807) is 31.2 Å². The molecule has 1 N–H and O–H groups in total. The van der Waals surface area contributed by atoms with E-state index in [0.717, 1.165) is 24.2 Å². The maximum atomic E-state index is 12.7. The molecule has 3 rings (SSSR count). The molecular formula is C23H29NO4S. The molecule has 2 atom stereocenters. The minimum absolute atomic E-state index is 0.193. The van der Waals surface area contributed by atoms with Gasteiger partial charge in [-0.25, -0.2) is 8.42 Å². The number of carbonyl (C=O) groups is 1. The third-order valence-electron chi connectivity index (χ3n) is 5.44. The second-order valence-corrected chi connectivity index (χ2v) is 9.72. The molecule has 29 heavy (non-hydrogen) atoms. The number of sulfone groups is 1. The van der Waals surface area contributed by atoms with E-state index >= 15 is 0 Å². The summed E-state index contributed by atoms with van der Waals surface area (Å²) in [6, 6.07) is 12.5. The van der Waals surface area contributed by atoms with Crippen molar-refractivity contribution in [2.75, 3.05) is 6.26 Å². The normalized spacial score (nSPS) is 15.8. The lowest BCUT2D eigenvalue weighted by Gasteiger charge is -2.22. The topological polar surface area (TPSA) is 72.5 Å². The number of nitrogens with one attached hydrogen (secondary N) is 1. The molecule has 1 aliphatic rings. The molecule has 2 aromatic carbocycles. The Kier molecular flexibility index (Phi) is 6.63. The van der Waals surface area contributed by atoms with Gasteiger partial charge in [-0.1, -0.05) is 25.1 Å². The molecule has 0 saturated heterocycles. The summed E-state index contributed by atoms with van der Waals surface area (Å²) in [7, 11) is -3.24. The number of amides is 1. The van der Waals surface area contributed by atoms with Gasteiger partial charge in [-0.3, -0.25) is 4.79 Å². The fourth-order valence-corrected chi connectivity index (χ4v) is 4.33. The predicted octanol–water partition coefficient (Wildman–Crippen LogP) is 4.00. The zero-order valence-electron chi connectivity index (χ0n) is 17.3. The van der Waals surface area contributed by atoms with E-state index in [1.165, 1.54) is 30.2 Å². The van der Waals surface area contributed by atoms with Crippen LogP contribution in [-0.4, -0.2) is 26.7 Å². The summed E-state index contributed by atoms with van der Waals surface area (Å²) < 4.78 is 29.2. The summed E-state index contributed by atoms with van der Waals surface area (Å²) in [5.41, 5.74) is 3.57. The maximum Gasteiger partial charge on any atom is 0.261 e. The number of rotatable bonds is 7. The molecule has 5 nitrogen and oxygen atoms in total. The molecule has 0 aromatic heterocycles. The third-order valence-corrected chi connectivity index (χ3v) is 6.57. The number of fused-ring (bicyclic) bond motifs is 1. The van der Waals surface area contributed by atoms with Crippen molar-refractivity contribution in [1.82, 2.24) is 5.32 Å². The van der Waals surface area contributed by atoms with Gasteiger partial charge in [-0.05, 0) is 80.0 Å². The molecule has 0 unspecified atom stereocenters. The fourth-order valence-electron chi connectivity index (χ4n) is 3.70. The number of aryl methyl sites for hydroxylation is 2. The molecule has 0 spiro atoms. The predicted molar refractivity (Wildman–Crippen MR) is 114 cm³/mol. The van der Waals surface area contributed by atoms with E-state index < -0.39 is 15.9 Å². The van der Waals surface area contributed by atoms with Gasteiger partial charge in [-0.15, -0.1) is 0 Å². The lowest BCUT2D eigenvalue weighted by Crippen LogP contribution is -2.38. The summed E-state index contributed by atoms with van der Waals surface area (Å²) >= 11 is 0. The molecule has 6 heteroatoms. The van der Waals surface area contributed by atoms with Crippen LogP contribution in [0.1, 0.15) is 55.8 Å². The summed E-state index contributed by atoms with van der Waals surface area (Å²) in [5, 5.41) is 3.01. The third kappa shape index (κ3) is 5.38. The van der Waals surface area contributed by atoms with Crippen LogP contribution in [0.2, 0.25) is 0 Å². The highest BCUT2D eigenvalue weighted by atomic mass is 32.2. The van der Waals surface area contributed by atoms with Crippen molar-refractivity contribution in [3.05, 3.63) is 59.2 Å². The molecule has 0 radical (unpaired) electrons. The average Bonchev–Trinajstić information content (AvgIpc) is 2.71. The Morgan fingerprint density at radius 3 is 2.34 bits per heavy atom. The van der Waals surface area contributed by atoms with Gasteiger partial charge >= 0.3 is 0 Å². The van der Waals surface area contributed by atoms with Crippen LogP contribution in [0.25, 0.3) is 0 Å². The molecule has 156 valence electrons. The average molecular weight is 416 g/mol. The van der Waals surface area contributed by atoms with Gasteiger partial charge in [0.05, 0.1) is 10.9 Å². The van der Waals surface area contributed by atoms with Crippen LogP contribution in [0.3, 0.4) is 0 Å². The number of ether oxygens (including phenoxy) is 1. The van der Waals surface area contributed by atoms with Crippen LogP contribution in [-0.2, 0) is 27.5 Å². The van der Waals surface area contributed by atoms with E-state index in [2.05, 4.69) is 17.4 Å². The van der Waals surface area contributed by atoms with Crippen molar-refractivity contribution >= 4 is 15.7 Å². The van der Waals surface area contributed by atoms with Gasteiger partial charge in [0, 0.05) is 6.26 Å². The monoisotopic (exact) mass is 415 g/mol. The number of hydrogen-bond donors (Lipinski definition) is 1. The van der Waals surface area contributed by atoms with Crippen molar-refractivity contribution in [1.29, 1.82) is 0 Å². The van der Waals surface area contributed by atoms with Crippen LogP contribution in [0.4, 0.5) is 0 Å². The Bertz CT molecular complexity index is 967. The highest BCUT2D eigenvalue weighted by Gasteiger charge is 2.20. The van der Waals surface area contributed by atoms with Gasteiger partial charge in [0.25, 0.3) is 5.91 Å². The lowest BCUT2D eigenvalue weighted by atomic mass is 9.92. The minimum atomic E-state index is -3.24.